The number of rotatable bonds is 3. The molecule has 0 aliphatic rings. The number of carbonyl (C=O) groups is 1. The minimum absolute atomic E-state index is 0.489. The number of aromatic nitrogens is 3. The van der Waals surface area contributed by atoms with Gasteiger partial charge in [-0.15, -0.1) is 5.10 Å². The maximum atomic E-state index is 11.7. The van der Waals surface area contributed by atoms with Crippen LogP contribution in [0.15, 0.2) is 18.3 Å². The number of anilines is 2. The summed E-state index contributed by atoms with van der Waals surface area (Å²) in [5.74, 6) is 0.645. The fourth-order valence-corrected chi connectivity index (χ4v) is 1.67. The van der Waals surface area contributed by atoms with E-state index in [9.17, 15) is 4.79 Å². The molecule has 2 heterocycles. The van der Waals surface area contributed by atoms with Gasteiger partial charge in [-0.25, -0.2) is 9.31 Å². The second-order valence-electron chi connectivity index (χ2n) is 5.77. The van der Waals surface area contributed by atoms with E-state index in [1.54, 1.807) is 22.8 Å². The lowest BCUT2D eigenvalue weighted by Crippen LogP contribution is -2.27. The number of hydrogen-bond acceptors (Lipinski definition) is 5. The number of pyridine rings is 1. The maximum Gasteiger partial charge on any atom is 0.412 e. The van der Waals surface area contributed by atoms with Gasteiger partial charge in [0.1, 0.15) is 5.60 Å². The first-order valence-electron chi connectivity index (χ1n) is 6.86. The first-order chi connectivity index (χ1) is 9.78. The third-order valence-corrected chi connectivity index (χ3v) is 2.79. The zero-order chi connectivity index (χ0) is 15.6. The van der Waals surface area contributed by atoms with Crippen molar-refractivity contribution in [3.8, 4) is 0 Å². The van der Waals surface area contributed by atoms with Crippen molar-refractivity contribution in [1.82, 2.24) is 14.6 Å². The third kappa shape index (κ3) is 3.84. The lowest BCUT2D eigenvalue weighted by molar-refractivity contribution is 0.0636. The first-order valence-corrected chi connectivity index (χ1v) is 6.86. The van der Waals surface area contributed by atoms with Crippen LogP contribution >= 0.6 is 0 Å². The minimum atomic E-state index is -0.528. The average Bonchev–Trinajstić information content (AvgIpc) is 2.78. The van der Waals surface area contributed by atoms with Gasteiger partial charge in [0.05, 0.1) is 0 Å². The molecule has 21 heavy (non-hydrogen) atoms. The van der Waals surface area contributed by atoms with E-state index in [0.717, 1.165) is 6.54 Å². The van der Waals surface area contributed by atoms with Crippen LogP contribution in [0.2, 0.25) is 0 Å². The molecule has 7 heteroatoms. The molecule has 114 valence electrons. The van der Waals surface area contributed by atoms with E-state index in [1.807, 2.05) is 39.6 Å². The molecular weight excluding hydrogens is 270 g/mol. The molecule has 1 amide bonds. The summed E-state index contributed by atoms with van der Waals surface area (Å²) in [5.41, 5.74) is 0.758. The van der Waals surface area contributed by atoms with E-state index in [1.165, 1.54) is 0 Å². The molecule has 0 saturated carbocycles. The number of hydrogen-bond donors (Lipinski definition) is 1. The molecule has 0 aliphatic heterocycles. The van der Waals surface area contributed by atoms with E-state index in [0.29, 0.717) is 17.3 Å². The van der Waals surface area contributed by atoms with E-state index >= 15 is 0 Å². The van der Waals surface area contributed by atoms with E-state index in [4.69, 9.17) is 4.74 Å². The van der Waals surface area contributed by atoms with Gasteiger partial charge in [0, 0.05) is 31.5 Å². The van der Waals surface area contributed by atoms with Crippen LogP contribution in [0.25, 0.3) is 5.65 Å². The lowest BCUT2D eigenvalue weighted by Gasteiger charge is -2.19. The molecule has 0 radical (unpaired) electrons. The SMILES string of the molecule is CCN(C)c1nc2cc(NC(=O)OC(C)(C)C)ccn2n1. The minimum Gasteiger partial charge on any atom is -0.444 e. The fraction of sp³-hybridized carbons (Fsp3) is 0.500. The molecular formula is C14H21N5O2. The number of carbonyl (C=O) groups excluding carboxylic acids is 1. The quantitative estimate of drug-likeness (QED) is 0.941. The van der Waals surface area contributed by atoms with Crippen LogP contribution in [-0.4, -0.2) is 39.9 Å². The number of nitrogens with zero attached hydrogens (tertiary/aromatic N) is 4. The molecule has 7 nitrogen and oxygen atoms in total. The van der Waals surface area contributed by atoms with Gasteiger partial charge < -0.3 is 9.64 Å². The normalized spacial score (nSPS) is 11.5. The Balaban J connectivity index is 2.17. The van der Waals surface area contributed by atoms with Crippen LogP contribution in [0, 0.1) is 0 Å². The number of ether oxygens (including phenoxy) is 1. The molecule has 0 aliphatic carbocycles. The summed E-state index contributed by atoms with van der Waals surface area (Å²) >= 11 is 0. The standard InChI is InChI=1S/C14H21N5O2/c1-6-18(5)12-16-11-9-10(7-8-19(11)17-12)15-13(20)21-14(2,3)4/h7-9H,6H2,1-5H3,(H,15,20). The van der Waals surface area contributed by atoms with Gasteiger partial charge in [-0.05, 0) is 33.8 Å². The van der Waals surface area contributed by atoms with Gasteiger partial charge in [-0.2, -0.15) is 4.98 Å². The molecule has 2 rings (SSSR count). The number of fused-ring (bicyclic) bond motifs is 1. The highest BCUT2D eigenvalue weighted by Gasteiger charge is 2.16. The molecule has 0 spiro atoms. The predicted octanol–water partition coefficient (Wildman–Crippen LogP) is 2.53. The first kappa shape index (κ1) is 15.1. The highest BCUT2D eigenvalue weighted by atomic mass is 16.6. The van der Waals surface area contributed by atoms with Crippen molar-refractivity contribution in [2.75, 3.05) is 23.8 Å². The van der Waals surface area contributed by atoms with Crippen molar-refractivity contribution in [1.29, 1.82) is 0 Å². The molecule has 0 saturated heterocycles. The Morgan fingerprint density at radius 1 is 1.48 bits per heavy atom. The smallest absolute Gasteiger partial charge is 0.412 e. The maximum absolute atomic E-state index is 11.7. The van der Waals surface area contributed by atoms with Gasteiger partial charge in [-0.1, -0.05) is 0 Å². The summed E-state index contributed by atoms with van der Waals surface area (Å²) in [5, 5.41) is 7.04. The Hall–Kier alpha value is -2.31. The summed E-state index contributed by atoms with van der Waals surface area (Å²) in [6.45, 7) is 8.31. The Labute approximate surface area is 123 Å². The molecule has 0 atom stereocenters. The third-order valence-electron chi connectivity index (χ3n) is 2.79. The van der Waals surface area contributed by atoms with Gasteiger partial charge in [0.25, 0.3) is 0 Å². The molecule has 1 N–H and O–H groups in total. The predicted molar refractivity (Wildman–Crippen MR) is 81.8 cm³/mol. The largest absolute Gasteiger partial charge is 0.444 e. The summed E-state index contributed by atoms with van der Waals surface area (Å²) in [6, 6.07) is 3.51. The van der Waals surface area contributed by atoms with Crippen LogP contribution in [-0.2, 0) is 4.74 Å². The van der Waals surface area contributed by atoms with Crippen LogP contribution in [0.5, 0.6) is 0 Å². The Morgan fingerprint density at radius 3 is 2.81 bits per heavy atom. The van der Waals surface area contributed by atoms with E-state index < -0.39 is 11.7 Å². The van der Waals surface area contributed by atoms with Gasteiger partial charge >= 0.3 is 6.09 Å². The van der Waals surface area contributed by atoms with Crippen molar-refractivity contribution >= 4 is 23.4 Å². The zero-order valence-electron chi connectivity index (χ0n) is 13.0. The zero-order valence-corrected chi connectivity index (χ0v) is 13.0. The van der Waals surface area contributed by atoms with Crippen LogP contribution in [0.3, 0.4) is 0 Å². The van der Waals surface area contributed by atoms with Crippen molar-refractivity contribution in [3.63, 3.8) is 0 Å². The highest BCUT2D eigenvalue weighted by Crippen LogP contribution is 2.15. The van der Waals surface area contributed by atoms with Crippen LogP contribution in [0.1, 0.15) is 27.7 Å². The molecule has 2 aromatic rings. The van der Waals surface area contributed by atoms with Gasteiger partial charge in [0.15, 0.2) is 5.65 Å². The molecule has 0 aromatic carbocycles. The topological polar surface area (TPSA) is 71.8 Å². The molecule has 2 aromatic heterocycles. The lowest BCUT2D eigenvalue weighted by atomic mass is 10.2. The number of nitrogens with one attached hydrogen (secondary N) is 1. The van der Waals surface area contributed by atoms with E-state index in [-0.39, 0.29) is 0 Å². The summed E-state index contributed by atoms with van der Waals surface area (Å²) < 4.78 is 6.88. The molecule has 0 unspecified atom stereocenters. The summed E-state index contributed by atoms with van der Waals surface area (Å²) in [7, 11) is 1.93. The molecule has 0 fully saturated rings. The van der Waals surface area contributed by atoms with Crippen molar-refractivity contribution in [3.05, 3.63) is 18.3 Å². The molecule has 0 bridgehead atoms. The van der Waals surface area contributed by atoms with Gasteiger partial charge in [0.2, 0.25) is 5.95 Å². The van der Waals surface area contributed by atoms with Crippen LogP contribution in [0.4, 0.5) is 16.4 Å². The van der Waals surface area contributed by atoms with Crippen LogP contribution < -0.4 is 10.2 Å². The summed E-state index contributed by atoms with van der Waals surface area (Å²) in [6.07, 6.45) is 1.26. The van der Waals surface area contributed by atoms with Crippen molar-refractivity contribution in [2.45, 2.75) is 33.3 Å². The summed E-state index contributed by atoms with van der Waals surface area (Å²) in [4.78, 5) is 18.1. The Kier molecular flexibility index (Phi) is 4.02. The second-order valence-corrected chi connectivity index (χ2v) is 5.77. The van der Waals surface area contributed by atoms with Crippen molar-refractivity contribution < 1.29 is 9.53 Å². The van der Waals surface area contributed by atoms with Crippen molar-refractivity contribution in [2.24, 2.45) is 0 Å². The fourth-order valence-electron chi connectivity index (χ4n) is 1.67. The number of amides is 1. The van der Waals surface area contributed by atoms with Gasteiger partial charge in [-0.3, -0.25) is 5.32 Å². The monoisotopic (exact) mass is 291 g/mol. The second kappa shape index (κ2) is 5.59. The van der Waals surface area contributed by atoms with E-state index in [2.05, 4.69) is 15.4 Å². The average molecular weight is 291 g/mol. The Bertz CT molecular complexity index is 644. The Morgan fingerprint density at radius 2 is 2.19 bits per heavy atom. The highest BCUT2D eigenvalue weighted by molar-refractivity contribution is 5.85.